The zero-order chi connectivity index (χ0) is 15.4. The third-order valence-corrected chi connectivity index (χ3v) is 5.58. The van der Waals surface area contributed by atoms with Crippen LogP contribution in [0.4, 0.5) is 0 Å². The summed E-state index contributed by atoms with van der Waals surface area (Å²) in [7, 11) is 0. The highest BCUT2D eigenvalue weighted by Crippen LogP contribution is 2.32. The first-order valence-electron chi connectivity index (χ1n) is 8.97. The first-order chi connectivity index (χ1) is 10.8. The molecule has 1 aromatic carbocycles. The molecule has 1 heterocycles. The number of fused-ring (bicyclic) bond motifs is 1. The summed E-state index contributed by atoms with van der Waals surface area (Å²) in [4.78, 5) is 5.10. The molecule has 2 aliphatic rings. The average molecular weight is 302 g/mol. The predicted molar refractivity (Wildman–Crippen MR) is 91.3 cm³/mol. The van der Waals surface area contributed by atoms with Gasteiger partial charge in [0.15, 0.2) is 0 Å². The van der Waals surface area contributed by atoms with Gasteiger partial charge in [-0.25, -0.2) is 0 Å². The van der Waals surface area contributed by atoms with Crippen LogP contribution < -0.4 is 0 Å². The summed E-state index contributed by atoms with van der Waals surface area (Å²) in [6.07, 6.45) is 4.98. The van der Waals surface area contributed by atoms with Crippen molar-refractivity contribution in [1.29, 1.82) is 0 Å². The van der Waals surface area contributed by atoms with Crippen LogP contribution in [0.15, 0.2) is 24.3 Å². The molecule has 0 amide bonds. The summed E-state index contributed by atoms with van der Waals surface area (Å²) in [5, 5.41) is 9.46. The molecular formula is C19H30N2O. The molecule has 0 spiro atoms. The van der Waals surface area contributed by atoms with Gasteiger partial charge in [0.05, 0.1) is 6.61 Å². The lowest BCUT2D eigenvalue weighted by Gasteiger charge is -2.40. The second-order valence-electron chi connectivity index (χ2n) is 6.87. The maximum absolute atomic E-state index is 9.46. The normalized spacial score (nSPS) is 24.9. The van der Waals surface area contributed by atoms with Gasteiger partial charge >= 0.3 is 0 Å². The highest BCUT2D eigenvalue weighted by molar-refractivity contribution is 5.32. The van der Waals surface area contributed by atoms with E-state index in [4.69, 9.17) is 0 Å². The van der Waals surface area contributed by atoms with E-state index in [9.17, 15) is 5.11 Å². The van der Waals surface area contributed by atoms with E-state index >= 15 is 0 Å². The van der Waals surface area contributed by atoms with Crippen molar-refractivity contribution in [3.05, 3.63) is 35.4 Å². The second-order valence-corrected chi connectivity index (χ2v) is 6.87. The van der Waals surface area contributed by atoms with E-state index in [0.29, 0.717) is 12.6 Å². The largest absolute Gasteiger partial charge is 0.395 e. The van der Waals surface area contributed by atoms with E-state index in [-0.39, 0.29) is 0 Å². The van der Waals surface area contributed by atoms with Crippen LogP contribution in [0, 0.1) is 0 Å². The zero-order valence-corrected chi connectivity index (χ0v) is 13.9. The fourth-order valence-corrected chi connectivity index (χ4v) is 4.17. The van der Waals surface area contributed by atoms with E-state index < -0.39 is 0 Å². The monoisotopic (exact) mass is 302 g/mol. The Morgan fingerprint density at radius 1 is 1.18 bits per heavy atom. The summed E-state index contributed by atoms with van der Waals surface area (Å²) in [5.74, 6) is 0.719. The zero-order valence-electron chi connectivity index (χ0n) is 13.9. The molecule has 122 valence electrons. The van der Waals surface area contributed by atoms with Crippen molar-refractivity contribution in [1.82, 2.24) is 9.80 Å². The van der Waals surface area contributed by atoms with Gasteiger partial charge in [0.25, 0.3) is 0 Å². The van der Waals surface area contributed by atoms with E-state index in [1.54, 1.807) is 11.1 Å². The molecular weight excluding hydrogens is 272 g/mol. The third kappa shape index (κ3) is 3.53. The molecule has 22 heavy (non-hydrogen) atoms. The van der Waals surface area contributed by atoms with Crippen molar-refractivity contribution in [2.75, 3.05) is 39.3 Å². The molecule has 1 saturated heterocycles. The fraction of sp³-hybridized carbons (Fsp3) is 0.684. The van der Waals surface area contributed by atoms with E-state index in [2.05, 4.69) is 41.0 Å². The second kappa shape index (κ2) is 7.58. The number of hydrogen-bond donors (Lipinski definition) is 1. The Balaban J connectivity index is 1.56. The van der Waals surface area contributed by atoms with Gasteiger partial charge in [-0.3, -0.25) is 4.90 Å². The summed E-state index contributed by atoms with van der Waals surface area (Å²) in [5.41, 5.74) is 3.17. The Morgan fingerprint density at radius 2 is 1.95 bits per heavy atom. The van der Waals surface area contributed by atoms with Gasteiger partial charge in [0.1, 0.15) is 0 Å². The van der Waals surface area contributed by atoms with E-state index in [1.165, 1.54) is 25.8 Å². The Labute approximate surface area is 134 Å². The number of aliphatic hydroxyl groups excluding tert-OH is 1. The molecule has 2 atom stereocenters. The molecule has 2 unspecified atom stereocenters. The minimum Gasteiger partial charge on any atom is -0.395 e. The minimum absolute atomic E-state index is 0.298. The number of aryl methyl sites for hydroxylation is 1. The summed E-state index contributed by atoms with van der Waals surface area (Å²) < 4.78 is 0. The lowest BCUT2D eigenvalue weighted by molar-refractivity contribution is 0.0605. The van der Waals surface area contributed by atoms with Crippen LogP contribution in [0.5, 0.6) is 0 Å². The molecule has 1 fully saturated rings. The topological polar surface area (TPSA) is 26.7 Å². The van der Waals surface area contributed by atoms with Gasteiger partial charge < -0.3 is 10.0 Å². The third-order valence-electron chi connectivity index (χ3n) is 5.58. The number of hydrogen-bond acceptors (Lipinski definition) is 3. The maximum Gasteiger partial charge on any atom is 0.0586 e. The van der Waals surface area contributed by atoms with Crippen molar-refractivity contribution >= 4 is 0 Å². The number of rotatable bonds is 5. The predicted octanol–water partition coefficient (Wildman–Crippen LogP) is 2.50. The number of piperazine rings is 1. The standard InChI is InChI=1S/C19H30N2O/c1-2-18(15-22)21-12-10-20(11-13-21)14-17-8-5-7-16-6-3-4-9-19(16)17/h3-4,6,9,17-18,22H,2,5,7-8,10-15H2,1H3. The first kappa shape index (κ1) is 16.0. The first-order valence-corrected chi connectivity index (χ1v) is 8.97. The SMILES string of the molecule is CCC(CO)N1CCN(CC2CCCc3ccccc32)CC1. The Bertz CT molecular complexity index is 464. The molecule has 3 nitrogen and oxygen atoms in total. The average Bonchev–Trinajstić information content (AvgIpc) is 2.58. The summed E-state index contributed by atoms with van der Waals surface area (Å²) in [6, 6.07) is 9.39. The van der Waals surface area contributed by atoms with Gasteiger partial charge in [-0.1, -0.05) is 31.2 Å². The summed E-state index contributed by atoms with van der Waals surface area (Å²) in [6.45, 7) is 8.19. The highest BCUT2D eigenvalue weighted by atomic mass is 16.3. The molecule has 1 aliphatic heterocycles. The van der Waals surface area contributed by atoms with Crippen LogP contribution in [-0.4, -0.2) is 60.3 Å². The van der Waals surface area contributed by atoms with Crippen LogP contribution in [0.1, 0.15) is 43.2 Å². The van der Waals surface area contributed by atoms with Crippen molar-refractivity contribution in [3.63, 3.8) is 0 Å². The molecule has 1 aliphatic carbocycles. The van der Waals surface area contributed by atoms with Crippen LogP contribution in [0.2, 0.25) is 0 Å². The van der Waals surface area contributed by atoms with Gasteiger partial charge in [-0.2, -0.15) is 0 Å². The van der Waals surface area contributed by atoms with Crippen LogP contribution in [-0.2, 0) is 6.42 Å². The molecule has 0 bridgehead atoms. The minimum atomic E-state index is 0.298. The molecule has 1 N–H and O–H groups in total. The highest BCUT2D eigenvalue weighted by Gasteiger charge is 2.26. The number of benzene rings is 1. The van der Waals surface area contributed by atoms with Crippen molar-refractivity contribution in [2.45, 2.75) is 44.6 Å². The Morgan fingerprint density at radius 3 is 2.68 bits per heavy atom. The number of aliphatic hydroxyl groups is 1. The lowest BCUT2D eigenvalue weighted by Crippen LogP contribution is -2.52. The molecule has 0 radical (unpaired) electrons. The molecule has 0 saturated carbocycles. The Hall–Kier alpha value is -0.900. The lowest BCUT2D eigenvalue weighted by atomic mass is 9.82. The van der Waals surface area contributed by atoms with Gasteiger partial charge in [-0.15, -0.1) is 0 Å². The van der Waals surface area contributed by atoms with E-state index in [1.807, 2.05) is 0 Å². The van der Waals surface area contributed by atoms with Crippen LogP contribution >= 0.6 is 0 Å². The van der Waals surface area contributed by atoms with Crippen LogP contribution in [0.3, 0.4) is 0 Å². The smallest absolute Gasteiger partial charge is 0.0586 e. The van der Waals surface area contributed by atoms with Crippen molar-refractivity contribution in [2.24, 2.45) is 0 Å². The van der Waals surface area contributed by atoms with Gasteiger partial charge in [-0.05, 0) is 42.7 Å². The quantitative estimate of drug-likeness (QED) is 0.905. The van der Waals surface area contributed by atoms with Crippen molar-refractivity contribution in [3.8, 4) is 0 Å². The van der Waals surface area contributed by atoms with Crippen molar-refractivity contribution < 1.29 is 5.11 Å². The fourth-order valence-electron chi connectivity index (χ4n) is 4.17. The molecule has 0 aromatic heterocycles. The van der Waals surface area contributed by atoms with E-state index in [0.717, 1.165) is 38.5 Å². The van der Waals surface area contributed by atoms with Crippen LogP contribution in [0.25, 0.3) is 0 Å². The van der Waals surface area contributed by atoms with Gasteiger partial charge in [0, 0.05) is 38.8 Å². The maximum atomic E-state index is 9.46. The molecule has 3 rings (SSSR count). The van der Waals surface area contributed by atoms with Gasteiger partial charge in [0.2, 0.25) is 0 Å². The molecule has 1 aromatic rings. The summed E-state index contributed by atoms with van der Waals surface area (Å²) >= 11 is 0. The Kier molecular flexibility index (Phi) is 5.51. The molecule has 3 heteroatoms. The number of nitrogens with zero attached hydrogens (tertiary/aromatic N) is 2.